The number of anilines is 1. The highest BCUT2D eigenvalue weighted by Gasteiger charge is 2.24. The van der Waals surface area contributed by atoms with Gasteiger partial charge in [0, 0.05) is 24.4 Å². The maximum absolute atomic E-state index is 12.6. The number of carbonyl (C=O) groups excluding carboxylic acids is 2. The van der Waals surface area contributed by atoms with Gasteiger partial charge in [0.15, 0.2) is 0 Å². The van der Waals surface area contributed by atoms with E-state index in [0.29, 0.717) is 36.2 Å². The van der Waals surface area contributed by atoms with E-state index >= 15 is 0 Å². The molecule has 6 nitrogen and oxygen atoms in total. The predicted molar refractivity (Wildman–Crippen MR) is 103 cm³/mol. The van der Waals surface area contributed by atoms with Crippen molar-refractivity contribution < 1.29 is 19.1 Å². The van der Waals surface area contributed by atoms with Crippen molar-refractivity contribution >= 4 is 29.1 Å². The molecule has 7 heteroatoms. The van der Waals surface area contributed by atoms with Crippen LogP contribution in [0.4, 0.5) is 5.69 Å². The number of methoxy groups -OCH3 is 1. The minimum absolute atomic E-state index is 0.121. The van der Waals surface area contributed by atoms with Gasteiger partial charge in [-0.2, -0.15) is 0 Å². The van der Waals surface area contributed by atoms with Crippen LogP contribution in [-0.2, 0) is 16.1 Å². The van der Waals surface area contributed by atoms with Crippen LogP contribution in [0.5, 0.6) is 11.5 Å². The summed E-state index contributed by atoms with van der Waals surface area (Å²) in [4.78, 5) is 26.3. The first-order valence-electron chi connectivity index (χ1n) is 8.69. The Bertz CT molecular complexity index is 840. The molecular formula is C20H21ClN2O4. The van der Waals surface area contributed by atoms with Gasteiger partial charge < -0.3 is 19.7 Å². The van der Waals surface area contributed by atoms with Gasteiger partial charge in [-0.05, 0) is 35.9 Å². The Morgan fingerprint density at radius 2 is 2.07 bits per heavy atom. The molecule has 0 bridgehead atoms. The summed E-state index contributed by atoms with van der Waals surface area (Å²) in [5, 5.41) is 3.36. The molecular weight excluding hydrogens is 368 g/mol. The summed E-state index contributed by atoms with van der Waals surface area (Å²) in [7, 11) is 1.60. The Morgan fingerprint density at radius 3 is 2.89 bits per heavy atom. The average molecular weight is 389 g/mol. The first-order valence-corrected chi connectivity index (χ1v) is 9.07. The van der Waals surface area contributed by atoms with Crippen LogP contribution in [0, 0.1) is 0 Å². The fourth-order valence-corrected chi connectivity index (χ4v) is 3.04. The van der Waals surface area contributed by atoms with Crippen LogP contribution in [0.3, 0.4) is 0 Å². The molecule has 0 saturated heterocycles. The number of rotatable bonds is 6. The highest BCUT2D eigenvalue weighted by Crippen LogP contribution is 2.34. The van der Waals surface area contributed by atoms with Crippen molar-refractivity contribution in [3.05, 3.63) is 53.1 Å². The van der Waals surface area contributed by atoms with Gasteiger partial charge in [-0.25, -0.2) is 0 Å². The summed E-state index contributed by atoms with van der Waals surface area (Å²) in [5.74, 6) is 1.06. The van der Waals surface area contributed by atoms with E-state index in [1.165, 1.54) is 0 Å². The molecule has 27 heavy (non-hydrogen) atoms. The number of benzene rings is 2. The molecule has 1 heterocycles. The van der Waals surface area contributed by atoms with Crippen LogP contribution >= 0.6 is 11.6 Å². The standard InChI is InChI=1S/C20H21ClN2O4/c1-26-16-4-2-3-14(11-16)13-22-19(24)7-8-20(25)23-9-10-27-18-6-5-15(21)12-17(18)23/h2-6,11-12H,7-10,13H2,1H3,(H,22,24). The van der Waals surface area contributed by atoms with Gasteiger partial charge >= 0.3 is 0 Å². The van der Waals surface area contributed by atoms with E-state index < -0.39 is 0 Å². The molecule has 0 fully saturated rings. The van der Waals surface area contributed by atoms with Crippen molar-refractivity contribution in [2.24, 2.45) is 0 Å². The van der Waals surface area contributed by atoms with Crippen LogP contribution in [0.2, 0.25) is 5.02 Å². The van der Waals surface area contributed by atoms with Gasteiger partial charge in [-0.3, -0.25) is 9.59 Å². The first-order chi connectivity index (χ1) is 13.1. The molecule has 1 aliphatic heterocycles. The number of hydrogen-bond acceptors (Lipinski definition) is 4. The summed E-state index contributed by atoms with van der Waals surface area (Å²) in [6.07, 6.45) is 0.242. The van der Waals surface area contributed by atoms with E-state index in [0.717, 1.165) is 11.3 Å². The fraction of sp³-hybridized carbons (Fsp3) is 0.300. The highest BCUT2D eigenvalue weighted by atomic mass is 35.5. The van der Waals surface area contributed by atoms with Gasteiger partial charge in [0.1, 0.15) is 18.1 Å². The summed E-state index contributed by atoms with van der Waals surface area (Å²) < 4.78 is 10.7. The van der Waals surface area contributed by atoms with Crippen molar-refractivity contribution in [1.82, 2.24) is 5.32 Å². The summed E-state index contributed by atoms with van der Waals surface area (Å²) in [5.41, 5.74) is 1.58. The molecule has 0 aliphatic carbocycles. The van der Waals surface area contributed by atoms with Gasteiger partial charge in [0.25, 0.3) is 0 Å². The monoisotopic (exact) mass is 388 g/mol. The number of hydrogen-bond donors (Lipinski definition) is 1. The van der Waals surface area contributed by atoms with Crippen LogP contribution in [-0.4, -0.2) is 32.1 Å². The quantitative estimate of drug-likeness (QED) is 0.825. The Morgan fingerprint density at radius 1 is 1.22 bits per heavy atom. The van der Waals surface area contributed by atoms with Crippen LogP contribution in [0.15, 0.2) is 42.5 Å². The van der Waals surface area contributed by atoms with E-state index in [2.05, 4.69) is 5.32 Å². The lowest BCUT2D eigenvalue weighted by Gasteiger charge is -2.29. The van der Waals surface area contributed by atoms with Gasteiger partial charge in [0.2, 0.25) is 11.8 Å². The lowest BCUT2D eigenvalue weighted by atomic mass is 10.2. The Balaban J connectivity index is 1.52. The van der Waals surface area contributed by atoms with Crippen molar-refractivity contribution in [2.75, 3.05) is 25.2 Å². The third-order valence-electron chi connectivity index (χ3n) is 4.28. The number of fused-ring (bicyclic) bond motifs is 1. The Hall–Kier alpha value is -2.73. The second-order valence-corrected chi connectivity index (χ2v) is 6.57. The predicted octanol–water partition coefficient (Wildman–Crippen LogP) is 3.17. The summed E-state index contributed by atoms with van der Waals surface area (Å²) in [6, 6.07) is 12.7. The highest BCUT2D eigenvalue weighted by molar-refractivity contribution is 6.31. The smallest absolute Gasteiger partial charge is 0.227 e. The minimum Gasteiger partial charge on any atom is -0.497 e. The molecule has 0 atom stereocenters. The number of halogens is 1. The number of ether oxygens (including phenoxy) is 2. The molecule has 1 N–H and O–H groups in total. The van der Waals surface area contributed by atoms with Crippen LogP contribution in [0.25, 0.3) is 0 Å². The van der Waals surface area contributed by atoms with Gasteiger partial charge in [0.05, 0.1) is 19.3 Å². The van der Waals surface area contributed by atoms with Crippen molar-refractivity contribution in [3.8, 4) is 11.5 Å². The summed E-state index contributed by atoms with van der Waals surface area (Å²) >= 11 is 6.03. The number of nitrogens with zero attached hydrogens (tertiary/aromatic N) is 1. The van der Waals surface area contributed by atoms with Crippen molar-refractivity contribution in [3.63, 3.8) is 0 Å². The van der Waals surface area contributed by atoms with E-state index in [4.69, 9.17) is 21.1 Å². The minimum atomic E-state index is -0.175. The van der Waals surface area contributed by atoms with Crippen LogP contribution in [0.1, 0.15) is 18.4 Å². The number of amides is 2. The zero-order chi connectivity index (χ0) is 19.2. The Labute approximate surface area is 163 Å². The lowest BCUT2D eigenvalue weighted by Crippen LogP contribution is -2.38. The molecule has 142 valence electrons. The van der Waals surface area contributed by atoms with E-state index in [9.17, 15) is 9.59 Å². The molecule has 2 aromatic rings. The molecule has 0 saturated carbocycles. The normalized spacial score (nSPS) is 12.7. The third-order valence-corrected chi connectivity index (χ3v) is 4.51. The topological polar surface area (TPSA) is 67.9 Å². The zero-order valence-corrected chi connectivity index (χ0v) is 15.8. The van der Waals surface area contributed by atoms with Gasteiger partial charge in [-0.15, -0.1) is 0 Å². The van der Waals surface area contributed by atoms with E-state index in [-0.39, 0.29) is 24.7 Å². The largest absolute Gasteiger partial charge is 0.497 e. The molecule has 0 unspecified atom stereocenters. The lowest BCUT2D eigenvalue weighted by molar-refractivity contribution is -0.125. The molecule has 0 radical (unpaired) electrons. The fourth-order valence-electron chi connectivity index (χ4n) is 2.88. The average Bonchev–Trinajstić information content (AvgIpc) is 2.70. The summed E-state index contributed by atoms with van der Waals surface area (Å²) in [6.45, 7) is 1.25. The van der Waals surface area contributed by atoms with Gasteiger partial charge in [-0.1, -0.05) is 23.7 Å². The number of nitrogens with one attached hydrogen (secondary N) is 1. The molecule has 1 aliphatic rings. The van der Waals surface area contributed by atoms with Crippen molar-refractivity contribution in [1.29, 1.82) is 0 Å². The molecule has 2 amide bonds. The molecule has 0 aromatic heterocycles. The van der Waals surface area contributed by atoms with E-state index in [1.807, 2.05) is 24.3 Å². The number of carbonyl (C=O) groups is 2. The van der Waals surface area contributed by atoms with Crippen molar-refractivity contribution in [2.45, 2.75) is 19.4 Å². The molecule has 2 aromatic carbocycles. The third kappa shape index (κ3) is 4.92. The maximum Gasteiger partial charge on any atom is 0.227 e. The maximum atomic E-state index is 12.6. The zero-order valence-electron chi connectivity index (χ0n) is 15.0. The van der Waals surface area contributed by atoms with Crippen LogP contribution < -0.4 is 19.7 Å². The second kappa shape index (κ2) is 8.77. The van der Waals surface area contributed by atoms with E-state index in [1.54, 1.807) is 30.2 Å². The second-order valence-electron chi connectivity index (χ2n) is 6.13. The Kier molecular flexibility index (Phi) is 6.19. The molecule has 3 rings (SSSR count). The molecule has 0 spiro atoms. The SMILES string of the molecule is COc1cccc(CNC(=O)CCC(=O)N2CCOc3ccc(Cl)cc32)c1. The first kappa shape index (κ1) is 19.0.